The minimum atomic E-state index is -0.202. The Morgan fingerprint density at radius 3 is 2.74 bits per heavy atom. The van der Waals surface area contributed by atoms with Crippen molar-refractivity contribution in [2.45, 2.75) is 38.8 Å². The number of nitrogens with zero attached hydrogens (tertiary/aromatic N) is 1. The zero-order valence-electron chi connectivity index (χ0n) is 12.6. The van der Waals surface area contributed by atoms with Crippen LogP contribution in [0.1, 0.15) is 26.7 Å². The van der Waals surface area contributed by atoms with Crippen molar-refractivity contribution in [1.29, 1.82) is 0 Å². The van der Waals surface area contributed by atoms with Gasteiger partial charge < -0.3 is 19.7 Å². The van der Waals surface area contributed by atoms with Crippen molar-refractivity contribution >= 4 is 5.97 Å². The number of rotatable bonds is 8. The Hall–Kier alpha value is -0.650. The highest BCUT2D eigenvalue weighted by Crippen LogP contribution is 2.16. The van der Waals surface area contributed by atoms with Gasteiger partial charge in [-0.3, -0.25) is 4.79 Å². The fourth-order valence-electron chi connectivity index (χ4n) is 2.61. The molecule has 1 N–H and O–H groups in total. The monoisotopic (exact) mass is 272 g/mol. The van der Waals surface area contributed by atoms with Crippen LogP contribution >= 0.6 is 0 Å². The number of nitrogens with one attached hydrogen (secondary N) is 1. The Morgan fingerprint density at radius 2 is 2.16 bits per heavy atom. The fourth-order valence-corrected chi connectivity index (χ4v) is 2.61. The molecule has 0 aliphatic carbocycles. The molecule has 1 aliphatic rings. The molecule has 0 saturated carbocycles. The Labute approximate surface area is 116 Å². The Morgan fingerprint density at radius 1 is 1.42 bits per heavy atom. The molecule has 112 valence electrons. The lowest BCUT2D eigenvalue weighted by Crippen LogP contribution is -2.43. The number of carbonyl (C=O) groups excluding carboxylic acids is 1. The van der Waals surface area contributed by atoms with Crippen molar-refractivity contribution in [1.82, 2.24) is 10.2 Å². The molecule has 0 bridgehead atoms. The van der Waals surface area contributed by atoms with Crippen molar-refractivity contribution < 1.29 is 14.3 Å². The van der Waals surface area contributed by atoms with Crippen molar-refractivity contribution in [3.05, 3.63) is 0 Å². The number of carbonyl (C=O) groups is 1. The maximum absolute atomic E-state index is 11.7. The van der Waals surface area contributed by atoms with E-state index in [9.17, 15) is 4.79 Å². The van der Waals surface area contributed by atoms with Gasteiger partial charge in [0.05, 0.1) is 13.7 Å². The van der Waals surface area contributed by atoms with Crippen molar-refractivity contribution in [2.24, 2.45) is 5.92 Å². The van der Waals surface area contributed by atoms with Crippen molar-refractivity contribution in [3.63, 3.8) is 0 Å². The van der Waals surface area contributed by atoms with E-state index < -0.39 is 0 Å². The Bertz CT molecular complexity index is 271. The largest absolute Gasteiger partial charge is 0.468 e. The number of ether oxygens (including phenoxy) is 2. The molecule has 1 saturated heterocycles. The van der Waals surface area contributed by atoms with E-state index in [4.69, 9.17) is 9.47 Å². The summed E-state index contributed by atoms with van der Waals surface area (Å²) in [6.07, 6.45) is 1.99. The first-order valence-corrected chi connectivity index (χ1v) is 7.12. The van der Waals surface area contributed by atoms with Crippen LogP contribution in [0.15, 0.2) is 0 Å². The van der Waals surface area contributed by atoms with Gasteiger partial charge in [-0.2, -0.15) is 0 Å². The lowest BCUT2D eigenvalue weighted by Gasteiger charge is -2.22. The van der Waals surface area contributed by atoms with Crippen molar-refractivity contribution in [3.8, 4) is 0 Å². The fraction of sp³-hybridized carbons (Fsp3) is 0.929. The topological polar surface area (TPSA) is 50.8 Å². The molecule has 0 aromatic rings. The summed E-state index contributed by atoms with van der Waals surface area (Å²) in [6.45, 7) is 8.02. The van der Waals surface area contributed by atoms with Crippen LogP contribution in [-0.4, -0.2) is 63.4 Å². The second-order valence-electron chi connectivity index (χ2n) is 5.60. The molecule has 2 unspecified atom stereocenters. The molecule has 1 heterocycles. The molecule has 0 radical (unpaired) electrons. The predicted octanol–water partition coefficient (Wildman–Crippen LogP) is 0.884. The highest BCUT2D eigenvalue weighted by Gasteiger charge is 2.25. The third kappa shape index (κ3) is 5.89. The summed E-state index contributed by atoms with van der Waals surface area (Å²) in [5.74, 6) is 0.473. The lowest BCUT2D eigenvalue weighted by atomic mass is 10.1. The minimum absolute atomic E-state index is 0.165. The smallest absolute Gasteiger partial charge is 0.322 e. The zero-order chi connectivity index (χ0) is 14.3. The minimum Gasteiger partial charge on any atom is -0.468 e. The van der Waals surface area contributed by atoms with E-state index in [1.807, 2.05) is 13.8 Å². The number of hydrogen-bond acceptors (Lipinski definition) is 5. The number of hydrogen-bond donors (Lipinski definition) is 1. The second kappa shape index (κ2) is 8.51. The summed E-state index contributed by atoms with van der Waals surface area (Å²) in [5.41, 5.74) is 0. The van der Waals surface area contributed by atoms with Gasteiger partial charge in [-0.05, 0) is 25.3 Å². The van der Waals surface area contributed by atoms with Gasteiger partial charge in [0.25, 0.3) is 0 Å². The van der Waals surface area contributed by atoms with Gasteiger partial charge in [0.1, 0.15) is 6.04 Å². The zero-order valence-corrected chi connectivity index (χ0v) is 12.6. The number of likely N-dealkylation sites (tertiary alicyclic amines) is 1. The van der Waals surface area contributed by atoms with E-state index in [0.29, 0.717) is 5.92 Å². The van der Waals surface area contributed by atoms with Crippen LogP contribution in [0.5, 0.6) is 0 Å². The van der Waals surface area contributed by atoms with Crippen LogP contribution in [0.2, 0.25) is 0 Å². The highest BCUT2D eigenvalue weighted by molar-refractivity contribution is 5.75. The summed E-state index contributed by atoms with van der Waals surface area (Å²) in [6, 6.07) is 0.0791. The molecule has 0 amide bonds. The molecule has 1 rings (SSSR count). The third-order valence-corrected chi connectivity index (χ3v) is 3.53. The first kappa shape index (κ1) is 16.4. The SMILES string of the molecule is COCC1CCN(CCC(NC(C)C)C(=O)OC)C1. The van der Waals surface area contributed by atoms with Gasteiger partial charge in [0.2, 0.25) is 0 Å². The second-order valence-corrected chi connectivity index (χ2v) is 5.60. The summed E-state index contributed by atoms with van der Waals surface area (Å²) in [7, 11) is 3.20. The standard InChI is InChI=1S/C14H28N2O3/c1-11(2)15-13(14(17)19-4)6-8-16-7-5-12(9-16)10-18-3/h11-13,15H,5-10H2,1-4H3. The first-order chi connectivity index (χ1) is 9.06. The average Bonchev–Trinajstić information content (AvgIpc) is 2.81. The first-order valence-electron chi connectivity index (χ1n) is 7.12. The predicted molar refractivity (Wildman–Crippen MR) is 75.1 cm³/mol. The van der Waals surface area contributed by atoms with Crippen LogP contribution in [0.4, 0.5) is 0 Å². The number of methoxy groups -OCH3 is 2. The Balaban J connectivity index is 2.33. The molecule has 0 aromatic carbocycles. The van der Waals surface area contributed by atoms with E-state index in [1.54, 1.807) is 7.11 Å². The molecular formula is C14H28N2O3. The van der Waals surface area contributed by atoms with E-state index in [1.165, 1.54) is 13.5 Å². The summed E-state index contributed by atoms with van der Waals surface area (Å²) < 4.78 is 10.0. The van der Waals surface area contributed by atoms with Crippen LogP contribution in [0, 0.1) is 5.92 Å². The quantitative estimate of drug-likeness (QED) is 0.665. The van der Waals surface area contributed by atoms with E-state index in [-0.39, 0.29) is 18.1 Å². The van der Waals surface area contributed by atoms with Gasteiger partial charge >= 0.3 is 5.97 Å². The summed E-state index contributed by atoms with van der Waals surface area (Å²) in [4.78, 5) is 14.1. The normalized spacial score (nSPS) is 21.8. The maximum Gasteiger partial charge on any atom is 0.322 e. The van der Waals surface area contributed by atoms with Crippen LogP contribution in [0.3, 0.4) is 0 Å². The van der Waals surface area contributed by atoms with Crippen LogP contribution in [0.25, 0.3) is 0 Å². The molecule has 1 aliphatic heterocycles. The highest BCUT2D eigenvalue weighted by atomic mass is 16.5. The van der Waals surface area contributed by atoms with Crippen molar-refractivity contribution in [2.75, 3.05) is 40.5 Å². The summed E-state index contributed by atoms with van der Waals surface area (Å²) in [5, 5.41) is 3.26. The maximum atomic E-state index is 11.7. The molecule has 19 heavy (non-hydrogen) atoms. The molecule has 1 fully saturated rings. The molecule has 2 atom stereocenters. The van der Waals surface area contributed by atoms with Gasteiger partial charge in [-0.25, -0.2) is 0 Å². The molecule has 0 aromatic heterocycles. The molecule has 5 heteroatoms. The Kier molecular flexibility index (Phi) is 7.34. The van der Waals surface area contributed by atoms with Gasteiger partial charge in [0.15, 0.2) is 0 Å². The van der Waals surface area contributed by atoms with Crippen LogP contribution < -0.4 is 5.32 Å². The average molecular weight is 272 g/mol. The molecule has 5 nitrogen and oxygen atoms in total. The number of esters is 1. The molecular weight excluding hydrogens is 244 g/mol. The lowest BCUT2D eigenvalue weighted by molar-refractivity contribution is -0.143. The van der Waals surface area contributed by atoms with Crippen LogP contribution in [-0.2, 0) is 14.3 Å². The van der Waals surface area contributed by atoms with Gasteiger partial charge in [-0.1, -0.05) is 13.8 Å². The summed E-state index contributed by atoms with van der Waals surface area (Å²) >= 11 is 0. The van der Waals surface area contributed by atoms with E-state index >= 15 is 0 Å². The van der Waals surface area contributed by atoms with Gasteiger partial charge in [0, 0.05) is 26.2 Å². The molecule has 0 spiro atoms. The van der Waals surface area contributed by atoms with Gasteiger partial charge in [-0.15, -0.1) is 0 Å². The van der Waals surface area contributed by atoms with E-state index in [0.717, 1.165) is 32.7 Å². The van der Waals surface area contributed by atoms with E-state index in [2.05, 4.69) is 10.2 Å². The third-order valence-electron chi connectivity index (χ3n) is 3.53.